The predicted octanol–water partition coefficient (Wildman–Crippen LogP) is 4.57. The molecular formula is C20H18N4O2. The third kappa shape index (κ3) is 4.16. The molecule has 0 N–H and O–H groups in total. The number of aromatic nitrogens is 1. The zero-order chi connectivity index (χ0) is 18.4. The third-order valence-electron chi connectivity index (χ3n) is 3.98. The zero-order valence-corrected chi connectivity index (χ0v) is 14.4. The highest BCUT2D eigenvalue weighted by atomic mass is 16.6. The molecule has 6 nitrogen and oxygen atoms in total. The first-order valence-corrected chi connectivity index (χ1v) is 8.34. The van der Waals surface area contributed by atoms with Crippen molar-refractivity contribution in [3.8, 4) is 0 Å². The van der Waals surface area contributed by atoms with Gasteiger partial charge < -0.3 is 0 Å². The highest BCUT2D eigenvalue weighted by molar-refractivity contribution is 5.89. The SMILES string of the molecule is CCC(Cc1ccc2ccccc2n1)=NN=Cc1ccccc1[N+](=O)[O-]. The van der Waals surface area contributed by atoms with Gasteiger partial charge in [-0.25, -0.2) is 0 Å². The monoisotopic (exact) mass is 346 g/mol. The van der Waals surface area contributed by atoms with E-state index in [4.69, 9.17) is 0 Å². The van der Waals surface area contributed by atoms with E-state index >= 15 is 0 Å². The lowest BCUT2D eigenvalue weighted by Gasteiger charge is -2.04. The summed E-state index contributed by atoms with van der Waals surface area (Å²) in [6.07, 6.45) is 2.74. The fourth-order valence-electron chi connectivity index (χ4n) is 2.58. The standard InChI is InChI=1S/C20H18N4O2/c1-2-17(13-18-12-11-15-7-3-5-9-19(15)22-18)23-21-14-16-8-4-6-10-20(16)24(25)26/h3-12,14H,2,13H2,1H3. The maximum absolute atomic E-state index is 11.0. The molecule has 0 amide bonds. The summed E-state index contributed by atoms with van der Waals surface area (Å²) in [5.41, 5.74) is 3.18. The Labute approximate surface area is 151 Å². The van der Waals surface area contributed by atoms with E-state index in [0.29, 0.717) is 12.0 Å². The van der Waals surface area contributed by atoms with Crippen molar-refractivity contribution < 1.29 is 4.92 Å². The molecule has 0 saturated carbocycles. The molecule has 0 unspecified atom stereocenters. The van der Waals surface area contributed by atoms with E-state index in [9.17, 15) is 10.1 Å². The van der Waals surface area contributed by atoms with Crippen LogP contribution in [0.1, 0.15) is 24.6 Å². The topological polar surface area (TPSA) is 80.8 Å². The highest BCUT2D eigenvalue weighted by Crippen LogP contribution is 2.16. The molecular weight excluding hydrogens is 328 g/mol. The lowest BCUT2D eigenvalue weighted by molar-refractivity contribution is -0.385. The molecule has 3 rings (SSSR count). The van der Waals surface area contributed by atoms with Gasteiger partial charge in [0.15, 0.2) is 0 Å². The number of para-hydroxylation sites is 2. The smallest absolute Gasteiger partial charge is 0.258 e. The van der Waals surface area contributed by atoms with Gasteiger partial charge in [0.05, 0.1) is 22.2 Å². The van der Waals surface area contributed by atoms with E-state index < -0.39 is 4.92 Å². The fraction of sp³-hybridized carbons (Fsp3) is 0.150. The molecule has 0 aliphatic heterocycles. The van der Waals surface area contributed by atoms with Crippen LogP contribution >= 0.6 is 0 Å². The molecule has 0 fully saturated rings. The summed E-state index contributed by atoms with van der Waals surface area (Å²) in [7, 11) is 0. The van der Waals surface area contributed by atoms with E-state index in [-0.39, 0.29) is 5.69 Å². The van der Waals surface area contributed by atoms with Crippen LogP contribution in [-0.4, -0.2) is 21.8 Å². The number of pyridine rings is 1. The molecule has 0 bridgehead atoms. The van der Waals surface area contributed by atoms with Crippen LogP contribution in [0.2, 0.25) is 0 Å². The molecule has 0 saturated heterocycles. The first kappa shape index (κ1) is 17.4. The van der Waals surface area contributed by atoms with Gasteiger partial charge in [-0.1, -0.05) is 43.3 Å². The lowest BCUT2D eigenvalue weighted by atomic mass is 10.1. The number of nitro benzene ring substituents is 1. The van der Waals surface area contributed by atoms with Crippen LogP contribution in [0.5, 0.6) is 0 Å². The van der Waals surface area contributed by atoms with Crippen LogP contribution < -0.4 is 0 Å². The van der Waals surface area contributed by atoms with Crippen molar-refractivity contribution >= 4 is 28.5 Å². The minimum Gasteiger partial charge on any atom is -0.258 e. The van der Waals surface area contributed by atoms with E-state index in [2.05, 4.69) is 15.2 Å². The molecule has 0 radical (unpaired) electrons. The average Bonchev–Trinajstić information content (AvgIpc) is 2.67. The predicted molar refractivity (Wildman–Crippen MR) is 104 cm³/mol. The number of hydrogen-bond donors (Lipinski definition) is 0. The number of benzene rings is 2. The van der Waals surface area contributed by atoms with Crippen molar-refractivity contribution in [2.75, 3.05) is 0 Å². The van der Waals surface area contributed by atoms with Crippen molar-refractivity contribution in [3.63, 3.8) is 0 Å². The maximum Gasteiger partial charge on any atom is 0.278 e. The Morgan fingerprint density at radius 2 is 1.88 bits per heavy atom. The molecule has 0 aliphatic carbocycles. The van der Waals surface area contributed by atoms with Gasteiger partial charge in [-0.05, 0) is 24.6 Å². The van der Waals surface area contributed by atoms with E-state index in [1.807, 2.05) is 43.3 Å². The molecule has 0 spiro atoms. The molecule has 0 atom stereocenters. The molecule has 2 aromatic carbocycles. The molecule has 6 heteroatoms. The van der Waals surface area contributed by atoms with Gasteiger partial charge in [0.1, 0.15) is 0 Å². The average molecular weight is 346 g/mol. The van der Waals surface area contributed by atoms with Gasteiger partial charge in [-0.3, -0.25) is 15.1 Å². The second-order valence-electron chi connectivity index (χ2n) is 5.75. The van der Waals surface area contributed by atoms with Crippen molar-refractivity contribution in [2.45, 2.75) is 19.8 Å². The fourth-order valence-corrected chi connectivity index (χ4v) is 2.58. The van der Waals surface area contributed by atoms with Crippen LogP contribution in [0.25, 0.3) is 10.9 Å². The lowest BCUT2D eigenvalue weighted by Crippen LogP contribution is -2.03. The second kappa shape index (κ2) is 8.11. The molecule has 0 aliphatic rings. The minimum absolute atomic E-state index is 0.0145. The summed E-state index contributed by atoms with van der Waals surface area (Å²) in [4.78, 5) is 15.2. The Kier molecular flexibility index (Phi) is 5.43. The van der Waals surface area contributed by atoms with Crippen LogP contribution in [0.4, 0.5) is 5.69 Å². The first-order valence-electron chi connectivity index (χ1n) is 8.34. The quantitative estimate of drug-likeness (QED) is 0.372. The molecule has 1 aromatic heterocycles. The Bertz CT molecular complexity index is 996. The summed E-state index contributed by atoms with van der Waals surface area (Å²) >= 11 is 0. The maximum atomic E-state index is 11.0. The van der Waals surface area contributed by atoms with Crippen LogP contribution in [-0.2, 0) is 6.42 Å². The van der Waals surface area contributed by atoms with Gasteiger partial charge in [0.2, 0.25) is 0 Å². The molecule has 3 aromatic rings. The summed E-state index contributed by atoms with van der Waals surface area (Å²) in [5, 5.41) is 20.4. The normalized spacial score (nSPS) is 12.0. The molecule has 26 heavy (non-hydrogen) atoms. The van der Waals surface area contributed by atoms with Crippen LogP contribution in [0.15, 0.2) is 70.9 Å². The van der Waals surface area contributed by atoms with Gasteiger partial charge >= 0.3 is 0 Å². The summed E-state index contributed by atoms with van der Waals surface area (Å²) in [5.74, 6) is 0. The van der Waals surface area contributed by atoms with Crippen molar-refractivity contribution in [2.24, 2.45) is 10.2 Å². The molecule has 130 valence electrons. The van der Waals surface area contributed by atoms with Crippen LogP contribution in [0.3, 0.4) is 0 Å². The van der Waals surface area contributed by atoms with Crippen molar-refractivity contribution in [1.29, 1.82) is 0 Å². The Morgan fingerprint density at radius 1 is 1.12 bits per heavy atom. The van der Waals surface area contributed by atoms with E-state index in [1.54, 1.807) is 18.2 Å². The largest absolute Gasteiger partial charge is 0.278 e. The van der Waals surface area contributed by atoms with Crippen molar-refractivity contribution in [1.82, 2.24) is 4.98 Å². The van der Waals surface area contributed by atoms with E-state index in [0.717, 1.165) is 28.7 Å². The first-order chi connectivity index (χ1) is 12.7. The van der Waals surface area contributed by atoms with E-state index in [1.165, 1.54) is 12.3 Å². The zero-order valence-electron chi connectivity index (χ0n) is 14.4. The summed E-state index contributed by atoms with van der Waals surface area (Å²) in [6.45, 7) is 2.00. The summed E-state index contributed by atoms with van der Waals surface area (Å²) < 4.78 is 0. The number of nitrogens with zero attached hydrogens (tertiary/aromatic N) is 4. The second-order valence-corrected chi connectivity index (χ2v) is 5.75. The number of hydrogen-bond acceptors (Lipinski definition) is 5. The van der Waals surface area contributed by atoms with Gasteiger partial charge in [-0.2, -0.15) is 10.2 Å². The molecule has 1 heterocycles. The third-order valence-corrected chi connectivity index (χ3v) is 3.98. The number of fused-ring (bicyclic) bond motifs is 1. The number of rotatable bonds is 6. The Hall–Kier alpha value is -3.41. The van der Waals surface area contributed by atoms with Crippen molar-refractivity contribution in [3.05, 3.63) is 82.0 Å². The number of nitro groups is 1. The van der Waals surface area contributed by atoms with Gasteiger partial charge in [0.25, 0.3) is 5.69 Å². The summed E-state index contributed by atoms with van der Waals surface area (Å²) in [6, 6.07) is 18.4. The Balaban J connectivity index is 1.78. The van der Waals surface area contributed by atoms with Gasteiger partial charge in [-0.15, -0.1) is 0 Å². The Morgan fingerprint density at radius 3 is 2.69 bits per heavy atom. The minimum atomic E-state index is -0.426. The highest BCUT2D eigenvalue weighted by Gasteiger charge is 2.09. The van der Waals surface area contributed by atoms with Gasteiger partial charge in [0, 0.05) is 29.3 Å². The van der Waals surface area contributed by atoms with Crippen LogP contribution in [0, 0.1) is 10.1 Å².